The molecule has 15 heavy (non-hydrogen) atoms. The first-order chi connectivity index (χ1) is 6.77. The van der Waals surface area contributed by atoms with Crippen LogP contribution < -0.4 is 0 Å². The quantitative estimate of drug-likeness (QED) is 0.534. The molecule has 1 heterocycles. The third kappa shape index (κ3) is 2.05. The van der Waals surface area contributed by atoms with E-state index < -0.39 is 4.81 Å². The Hall–Kier alpha value is -0.120. The summed E-state index contributed by atoms with van der Waals surface area (Å²) < 4.78 is 0. The second kappa shape index (κ2) is 4.04. The molecule has 0 atom stereocenters. The van der Waals surface area contributed by atoms with Crippen molar-refractivity contribution in [3.8, 4) is 0 Å². The number of piperidine rings is 1. The van der Waals surface area contributed by atoms with Crippen LogP contribution in [0.15, 0.2) is 0 Å². The monoisotopic (exact) mass is 215 g/mol. The largest absolute Gasteiger partial charge is 0.597 e. The maximum absolute atomic E-state index is 12.9. The predicted molar refractivity (Wildman–Crippen MR) is 61.9 cm³/mol. The van der Waals surface area contributed by atoms with Crippen molar-refractivity contribution in [2.45, 2.75) is 71.4 Å². The standard InChI is InChI=1S/C12H25NO2/c1-6-10-15-13(14)11(2,3)8-7-9-12(13,4)5/h6-10H2,1-5H3. The third-order valence-corrected chi connectivity index (χ3v) is 3.65. The summed E-state index contributed by atoms with van der Waals surface area (Å²) in [6.45, 7) is 10.7. The SMILES string of the molecule is CCCO[N+]1([O-])C(C)(C)CCCC1(C)C. The molecule has 0 N–H and O–H groups in total. The van der Waals surface area contributed by atoms with Crippen molar-refractivity contribution in [3.63, 3.8) is 0 Å². The molecule has 0 aromatic carbocycles. The van der Waals surface area contributed by atoms with E-state index in [1.54, 1.807) is 0 Å². The van der Waals surface area contributed by atoms with E-state index in [9.17, 15) is 5.21 Å². The van der Waals surface area contributed by atoms with E-state index in [-0.39, 0.29) is 11.1 Å². The minimum Gasteiger partial charge on any atom is -0.597 e. The first-order valence-electron chi connectivity index (χ1n) is 6.02. The van der Waals surface area contributed by atoms with Crippen molar-refractivity contribution in [1.82, 2.24) is 0 Å². The lowest BCUT2D eigenvalue weighted by atomic mass is 9.81. The Morgan fingerprint density at radius 2 is 1.60 bits per heavy atom. The summed E-state index contributed by atoms with van der Waals surface area (Å²) in [5, 5.41) is 12.9. The van der Waals surface area contributed by atoms with Gasteiger partial charge in [0.05, 0.1) is 0 Å². The minimum atomic E-state index is -0.492. The molecule has 0 radical (unpaired) electrons. The van der Waals surface area contributed by atoms with E-state index in [4.69, 9.17) is 4.84 Å². The van der Waals surface area contributed by atoms with Crippen LogP contribution in [0.1, 0.15) is 60.3 Å². The van der Waals surface area contributed by atoms with Gasteiger partial charge in [-0.1, -0.05) is 6.92 Å². The zero-order valence-electron chi connectivity index (χ0n) is 10.8. The normalized spacial score (nSPS) is 27.6. The van der Waals surface area contributed by atoms with Gasteiger partial charge < -0.3 is 5.21 Å². The van der Waals surface area contributed by atoms with Gasteiger partial charge in [-0.2, -0.15) is 0 Å². The van der Waals surface area contributed by atoms with Crippen molar-refractivity contribution in [2.24, 2.45) is 0 Å². The Balaban J connectivity index is 2.93. The summed E-state index contributed by atoms with van der Waals surface area (Å²) in [6.07, 6.45) is 3.92. The summed E-state index contributed by atoms with van der Waals surface area (Å²) >= 11 is 0. The molecule has 1 aliphatic heterocycles. The number of hydrogen-bond donors (Lipinski definition) is 0. The van der Waals surface area contributed by atoms with Gasteiger partial charge in [-0.25, -0.2) is 9.65 Å². The average molecular weight is 215 g/mol. The van der Waals surface area contributed by atoms with Gasteiger partial charge in [-0.3, -0.25) is 0 Å². The molecule has 1 aliphatic rings. The van der Waals surface area contributed by atoms with Crippen molar-refractivity contribution >= 4 is 0 Å². The predicted octanol–water partition coefficient (Wildman–Crippen LogP) is 3.38. The van der Waals surface area contributed by atoms with Crippen LogP contribution in [0, 0.1) is 5.21 Å². The van der Waals surface area contributed by atoms with Crippen molar-refractivity contribution in [2.75, 3.05) is 6.61 Å². The van der Waals surface area contributed by atoms with Gasteiger partial charge in [0.15, 0.2) is 0 Å². The lowest BCUT2D eigenvalue weighted by Gasteiger charge is -2.61. The fourth-order valence-electron chi connectivity index (χ4n) is 2.64. The van der Waals surface area contributed by atoms with Crippen LogP contribution in [0.3, 0.4) is 0 Å². The van der Waals surface area contributed by atoms with E-state index in [1.807, 2.05) is 34.6 Å². The van der Waals surface area contributed by atoms with Gasteiger partial charge in [0.25, 0.3) is 0 Å². The van der Waals surface area contributed by atoms with Crippen LogP contribution in [0.2, 0.25) is 0 Å². The van der Waals surface area contributed by atoms with Gasteiger partial charge >= 0.3 is 0 Å². The second-order valence-corrected chi connectivity index (χ2v) is 5.86. The molecule has 3 nitrogen and oxygen atoms in total. The van der Waals surface area contributed by atoms with Gasteiger partial charge in [-0.05, 0) is 40.5 Å². The summed E-state index contributed by atoms with van der Waals surface area (Å²) in [7, 11) is 0. The van der Waals surface area contributed by atoms with E-state index in [0.717, 1.165) is 25.7 Å². The molecule has 0 aromatic rings. The number of nitrogens with zero attached hydrogens (tertiary/aromatic N) is 1. The zero-order valence-corrected chi connectivity index (χ0v) is 10.8. The number of hydroxylamine groups is 4. The van der Waals surface area contributed by atoms with Crippen LogP contribution in [0.4, 0.5) is 0 Å². The molecule has 0 aromatic heterocycles. The van der Waals surface area contributed by atoms with Crippen molar-refractivity contribution in [1.29, 1.82) is 0 Å². The Labute approximate surface area is 93.5 Å². The van der Waals surface area contributed by atoms with Crippen LogP contribution >= 0.6 is 0 Å². The molecule has 1 fully saturated rings. The first kappa shape index (κ1) is 12.9. The zero-order chi connectivity index (χ0) is 11.7. The lowest BCUT2D eigenvalue weighted by molar-refractivity contribution is -1.14. The molecule has 0 bridgehead atoms. The Morgan fingerprint density at radius 3 is 2.00 bits per heavy atom. The molecule has 0 amide bonds. The molecule has 1 saturated heterocycles. The third-order valence-electron chi connectivity index (χ3n) is 3.65. The lowest BCUT2D eigenvalue weighted by Crippen LogP contribution is -2.69. The van der Waals surface area contributed by atoms with Crippen molar-refractivity contribution in [3.05, 3.63) is 5.21 Å². The average Bonchev–Trinajstić information content (AvgIpc) is 2.11. The molecule has 0 unspecified atom stereocenters. The highest BCUT2D eigenvalue weighted by Gasteiger charge is 2.53. The summed E-state index contributed by atoms with van der Waals surface area (Å²) in [5.74, 6) is 0. The second-order valence-electron chi connectivity index (χ2n) is 5.86. The minimum absolute atomic E-state index is 0.322. The van der Waals surface area contributed by atoms with Gasteiger partial charge in [0, 0.05) is 12.8 Å². The summed E-state index contributed by atoms with van der Waals surface area (Å²) in [5.41, 5.74) is -0.645. The number of hydrogen-bond acceptors (Lipinski definition) is 2. The van der Waals surface area contributed by atoms with Crippen LogP contribution in [0.5, 0.6) is 0 Å². The summed E-state index contributed by atoms with van der Waals surface area (Å²) in [6, 6.07) is 0. The van der Waals surface area contributed by atoms with E-state index >= 15 is 0 Å². The summed E-state index contributed by atoms with van der Waals surface area (Å²) in [4.78, 5) is 5.14. The number of rotatable bonds is 3. The van der Waals surface area contributed by atoms with Crippen LogP contribution in [-0.2, 0) is 4.84 Å². The maximum Gasteiger partial charge on any atom is 0.123 e. The fraction of sp³-hybridized carbons (Fsp3) is 1.00. The molecule has 90 valence electrons. The highest BCUT2D eigenvalue weighted by atomic mass is 16.9. The van der Waals surface area contributed by atoms with Crippen LogP contribution in [0.25, 0.3) is 0 Å². The Bertz CT molecular complexity index is 208. The van der Waals surface area contributed by atoms with Gasteiger partial charge in [0.2, 0.25) is 0 Å². The van der Waals surface area contributed by atoms with E-state index in [0.29, 0.717) is 6.61 Å². The van der Waals surface area contributed by atoms with Gasteiger partial charge in [0.1, 0.15) is 17.7 Å². The van der Waals surface area contributed by atoms with E-state index in [1.165, 1.54) is 0 Å². The fourth-order valence-corrected chi connectivity index (χ4v) is 2.64. The Morgan fingerprint density at radius 1 is 1.13 bits per heavy atom. The van der Waals surface area contributed by atoms with E-state index in [2.05, 4.69) is 0 Å². The molecular formula is C12H25NO2. The number of quaternary nitrogens is 1. The highest BCUT2D eigenvalue weighted by molar-refractivity contribution is 4.84. The molecule has 0 saturated carbocycles. The molecular weight excluding hydrogens is 190 g/mol. The topological polar surface area (TPSA) is 32.3 Å². The smallest absolute Gasteiger partial charge is 0.123 e. The highest BCUT2D eigenvalue weighted by Crippen LogP contribution is 2.45. The molecule has 1 rings (SSSR count). The maximum atomic E-state index is 12.9. The molecule has 0 spiro atoms. The Kier molecular flexibility index (Phi) is 3.49. The van der Waals surface area contributed by atoms with Crippen LogP contribution in [-0.4, -0.2) is 22.5 Å². The molecule has 3 heteroatoms. The first-order valence-corrected chi connectivity index (χ1v) is 6.02. The van der Waals surface area contributed by atoms with Crippen molar-refractivity contribution < 1.29 is 9.65 Å². The molecule has 0 aliphatic carbocycles. The van der Waals surface area contributed by atoms with Gasteiger partial charge in [-0.15, -0.1) is 0 Å².